The van der Waals surface area contributed by atoms with Gasteiger partial charge in [0.15, 0.2) is 5.13 Å². The molecule has 0 unspecified atom stereocenters. The lowest BCUT2D eigenvalue weighted by Crippen LogP contribution is -2.14. The van der Waals surface area contributed by atoms with Crippen LogP contribution >= 0.6 is 22.9 Å². The molecular formula is C18H14ClN3O3S. The van der Waals surface area contributed by atoms with Crippen LogP contribution in [0.5, 0.6) is 5.75 Å². The topological polar surface area (TPSA) is 80.3 Å². The molecule has 0 radical (unpaired) electrons. The summed E-state index contributed by atoms with van der Waals surface area (Å²) in [7, 11) is 1.48. The molecule has 0 fully saturated rings. The number of methoxy groups -OCH3 is 1. The van der Waals surface area contributed by atoms with E-state index in [1.54, 1.807) is 48.0 Å². The van der Waals surface area contributed by atoms with Crippen molar-refractivity contribution in [1.29, 1.82) is 0 Å². The van der Waals surface area contributed by atoms with Crippen molar-refractivity contribution in [2.75, 3.05) is 17.7 Å². The first-order valence-corrected chi connectivity index (χ1v) is 8.78. The van der Waals surface area contributed by atoms with Gasteiger partial charge in [-0.25, -0.2) is 4.98 Å². The van der Waals surface area contributed by atoms with Gasteiger partial charge < -0.3 is 10.1 Å². The number of carbonyl (C=O) groups is 2. The molecule has 0 aliphatic rings. The second-order valence-corrected chi connectivity index (χ2v) is 6.50. The van der Waals surface area contributed by atoms with Crippen LogP contribution in [0.25, 0.3) is 0 Å². The van der Waals surface area contributed by atoms with Crippen molar-refractivity contribution in [3.05, 3.63) is 70.2 Å². The van der Waals surface area contributed by atoms with Crippen LogP contribution in [0.15, 0.2) is 54.0 Å². The number of hydrogen-bond acceptors (Lipinski definition) is 5. The van der Waals surface area contributed by atoms with Crippen molar-refractivity contribution in [2.24, 2.45) is 0 Å². The van der Waals surface area contributed by atoms with Crippen LogP contribution < -0.4 is 15.4 Å². The summed E-state index contributed by atoms with van der Waals surface area (Å²) in [5, 5.41) is 8.19. The van der Waals surface area contributed by atoms with E-state index in [1.807, 2.05) is 0 Å². The number of halogens is 1. The predicted octanol–water partition coefficient (Wildman–Crippen LogP) is 4.31. The molecule has 2 N–H and O–H groups in total. The molecule has 0 atom stereocenters. The highest BCUT2D eigenvalue weighted by molar-refractivity contribution is 7.13. The summed E-state index contributed by atoms with van der Waals surface area (Å²) < 4.78 is 5.18. The number of amides is 2. The van der Waals surface area contributed by atoms with Crippen molar-refractivity contribution in [1.82, 2.24) is 4.98 Å². The number of nitrogens with zero attached hydrogens (tertiary/aromatic N) is 1. The Kier molecular flexibility index (Phi) is 5.50. The van der Waals surface area contributed by atoms with Gasteiger partial charge in [-0.15, -0.1) is 11.3 Å². The van der Waals surface area contributed by atoms with Gasteiger partial charge in [-0.05, 0) is 42.5 Å². The first-order valence-electron chi connectivity index (χ1n) is 7.52. The Morgan fingerprint density at radius 3 is 2.50 bits per heavy atom. The van der Waals surface area contributed by atoms with Crippen molar-refractivity contribution in [3.8, 4) is 5.75 Å². The molecule has 1 heterocycles. The maximum absolute atomic E-state index is 12.4. The Morgan fingerprint density at radius 2 is 1.85 bits per heavy atom. The molecule has 3 rings (SSSR count). The van der Waals surface area contributed by atoms with Gasteiger partial charge in [0.05, 0.1) is 12.7 Å². The lowest BCUT2D eigenvalue weighted by atomic mass is 10.1. The molecule has 2 aromatic carbocycles. The first kappa shape index (κ1) is 17.9. The molecule has 3 aromatic rings. The summed E-state index contributed by atoms with van der Waals surface area (Å²) in [6.07, 6.45) is 1.61. The zero-order chi connectivity index (χ0) is 18.5. The Morgan fingerprint density at radius 1 is 1.08 bits per heavy atom. The minimum atomic E-state index is -0.357. The van der Waals surface area contributed by atoms with E-state index < -0.39 is 0 Å². The van der Waals surface area contributed by atoms with Gasteiger partial charge in [-0.2, -0.15) is 0 Å². The molecule has 2 amide bonds. The zero-order valence-corrected chi connectivity index (χ0v) is 15.2. The summed E-state index contributed by atoms with van der Waals surface area (Å²) in [5.74, 6) is -0.204. The molecule has 0 spiro atoms. The predicted molar refractivity (Wildman–Crippen MR) is 102 cm³/mol. The van der Waals surface area contributed by atoms with Gasteiger partial charge >= 0.3 is 0 Å². The summed E-state index contributed by atoms with van der Waals surface area (Å²) in [6.45, 7) is 0. The molecular weight excluding hydrogens is 374 g/mol. The normalized spacial score (nSPS) is 10.2. The Labute approximate surface area is 158 Å². The number of aromatic nitrogens is 1. The van der Waals surface area contributed by atoms with Crippen LogP contribution in [0.2, 0.25) is 5.02 Å². The highest BCUT2D eigenvalue weighted by atomic mass is 35.5. The number of hydrogen-bond donors (Lipinski definition) is 2. The quantitative estimate of drug-likeness (QED) is 0.683. The minimum absolute atomic E-state index is 0.269. The summed E-state index contributed by atoms with van der Waals surface area (Å²) in [6, 6.07) is 11.3. The van der Waals surface area contributed by atoms with Gasteiger partial charge in [-0.1, -0.05) is 11.6 Å². The average molecular weight is 388 g/mol. The van der Waals surface area contributed by atoms with Crippen LogP contribution in [0.3, 0.4) is 0 Å². The van der Waals surface area contributed by atoms with E-state index in [0.717, 1.165) is 0 Å². The fourth-order valence-corrected chi connectivity index (χ4v) is 2.91. The van der Waals surface area contributed by atoms with E-state index in [0.29, 0.717) is 32.7 Å². The maximum Gasteiger partial charge on any atom is 0.259 e. The number of nitrogens with one attached hydrogen (secondary N) is 2. The van der Waals surface area contributed by atoms with Crippen LogP contribution in [-0.2, 0) is 0 Å². The van der Waals surface area contributed by atoms with Crippen LogP contribution in [0.1, 0.15) is 20.7 Å². The number of thiazole rings is 1. The van der Waals surface area contributed by atoms with Gasteiger partial charge in [0.1, 0.15) is 5.75 Å². The molecule has 0 saturated carbocycles. The molecule has 0 saturated heterocycles. The van der Waals surface area contributed by atoms with Gasteiger partial charge in [0.25, 0.3) is 11.8 Å². The third-order valence-electron chi connectivity index (χ3n) is 3.46. The maximum atomic E-state index is 12.4. The van der Waals surface area contributed by atoms with Crippen LogP contribution in [0, 0.1) is 0 Å². The van der Waals surface area contributed by atoms with E-state index in [9.17, 15) is 9.59 Å². The van der Waals surface area contributed by atoms with E-state index >= 15 is 0 Å². The number of rotatable bonds is 5. The highest BCUT2D eigenvalue weighted by Crippen LogP contribution is 2.24. The summed E-state index contributed by atoms with van der Waals surface area (Å²) in [4.78, 5) is 28.6. The number of ether oxygens (including phenoxy) is 1. The van der Waals surface area contributed by atoms with Gasteiger partial charge in [-0.3, -0.25) is 14.9 Å². The van der Waals surface area contributed by atoms with Crippen molar-refractivity contribution in [2.45, 2.75) is 0 Å². The van der Waals surface area contributed by atoms with Crippen LogP contribution in [-0.4, -0.2) is 23.9 Å². The Bertz CT molecular complexity index is 927. The number of anilines is 2. The number of carbonyl (C=O) groups excluding carboxylic acids is 2. The Hall–Kier alpha value is -2.90. The fraction of sp³-hybridized carbons (Fsp3) is 0.0556. The minimum Gasteiger partial charge on any atom is -0.496 e. The van der Waals surface area contributed by atoms with Gasteiger partial charge in [0, 0.05) is 27.9 Å². The number of benzene rings is 2. The molecule has 1 aromatic heterocycles. The molecule has 0 aliphatic heterocycles. The Balaban J connectivity index is 1.70. The van der Waals surface area contributed by atoms with E-state index in [2.05, 4.69) is 15.6 Å². The van der Waals surface area contributed by atoms with Gasteiger partial charge in [0.2, 0.25) is 0 Å². The second-order valence-electron chi connectivity index (χ2n) is 5.17. The molecule has 26 heavy (non-hydrogen) atoms. The third kappa shape index (κ3) is 4.19. The zero-order valence-electron chi connectivity index (χ0n) is 13.7. The van der Waals surface area contributed by atoms with E-state index in [-0.39, 0.29) is 11.8 Å². The SMILES string of the molecule is COc1ccc(Cl)cc1C(=O)Nc1ccc(C(=O)Nc2nccs2)cc1. The van der Waals surface area contributed by atoms with Crippen molar-refractivity contribution < 1.29 is 14.3 Å². The smallest absolute Gasteiger partial charge is 0.259 e. The van der Waals surface area contributed by atoms with Crippen molar-refractivity contribution in [3.63, 3.8) is 0 Å². The largest absolute Gasteiger partial charge is 0.496 e. The molecule has 132 valence electrons. The van der Waals surface area contributed by atoms with Crippen molar-refractivity contribution >= 4 is 45.6 Å². The van der Waals surface area contributed by atoms with E-state index in [1.165, 1.54) is 24.5 Å². The highest BCUT2D eigenvalue weighted by Gasteiger charge is 2.14. The summed E-state index contributed by atoms with van der Waals surface area (Å²) in [5.41, 5.74) is 1.33. The molecule has 0 aliphatic carbocycles. The fourth-order valence-electron chi connectivity index (χ4n) is 2.22. The second kappa shape index (κ2) is 7.99. The lowest BCUT2D eigenvalue weighted by Gasteiger charge is -2.10. The molecule has 6 nitrogen and oxygen atoms in total. The average Bonchev–Trinajstić information content (AvgIpc) is 3.15. The first-order chi connectivity index (χ1) is 12.6. The molecule has 0 bridgehead atoms. The lowest BCUT2D eigenvalue weighted by molar-refractivity contribution is 0.101. The molecule has 8 heteroatoms. The standard InChI is InChI=1S/C18H14ClN3O3S/c1-25-15-7-4-12(19)10-14(15)17(24)21-13-5-2-11(3-6-13)16(23)22-18-20-8-9-26-18/h2-10H,1H3,(H,21,24)(H,20,22,23). The van der Waals surface area contributed by atoms with E-state index in [4.69, 9.17) is 16.3 Å². The van der Waals surface area contributed by atoms with Crippen LogP contribution in [0.4, 0.5) is 10.8 Å². The monoisotopic (exact) mass is 387 g/mol. The summed E-state index contributed by atoms with van der Waals surface area (Å²) >= 11 is 7.29. The third-order valence-corrected chi connectivity index (χ3v) is 4.39.